The number of fused-ring (bicyclic) bond motifs is 1. The van der Waals surface area contributed by atoms with E-state index in [0.717, 1.165) is 24.9 Å². The molecule has 1 aromatic carbocycles. The van der Waals surface area contributed by atoms with E-state index in [2.05, 4.69) is 10.2 Å². The number of nitrogens with two attached hydrogens (primary N) is 1. The van der Waals surface area contributed by atoms with Gasteiger partial charge in [0.25, 0.3) is 0 Å². The van der Waals surface area contributed by atoms with Crippen molar-refractivity contribution >= 4 is 28.9 Å². The van der Waals surface area contributed by atoms with Crippen LogP contribution in [-0.2, 0) is 4.79 Å². The molecule has 108 valence electrons. The molecule has 1 heterocycles. The molecule has 20 heavy (non-hydrogen) atoms. The highest BCUT2D eigenvalue weighted by Crippen LogP contribution is 2.37. The molecule has 1 aromatic rings. The number of hydrogen-bond acceptors (Lipinski definition) is 3. The van der Waals surface area contributed by atoms with Crippen molar-refractivity contribution in [2.45, 2.75) is 19.3 Å². The summed E-state index contributed by atoms with van der Waals surface area (Å²) in [5.74, 6) is 1.59. The number of hydrogen-bond donors (Lipinski definition) is 2. The van der Waals surface area contributed by atoms with Gasteiger partial charge in [-0.3, -0.25) is 9.69 Å². The lowest BCUT2D eigenvalue weighted by Crippen LogP contribution is -2.32. The molecule has 2 unspecified atom stereocenters. The third-order valence-electron chi connectivity index (χ3n) is 4.46. The number of anilines is 2. The van der Waals surface area contributed by atoms with Crippen molar-refractivity contribution in [3.05, 3.63) is 23.2 Å². The van der Waals surface area contributed by atoms with Crippen LogP contribution in [0, 0.1) is 11.8 Å². The molecule has 2 atom stereocenters. The molecule has 0 bridgehead atoms. The number of carbonyl (C=O) groups excluding carboxylic acids is 1. The molecule has 0 spiro atoms. The molecule has 5 heteroatoms. The Kier molecular flexibility index (Phi) is 3.85. The van der Waals surface area contributed by atoms with E-state index in [-0.39, 0.29) is 5.91 Å². The minimum atomic E-state index is -0.0149. The molecule has 0 aromatic heterocycles. The van der Waals surface area contributed by atoms with Gasteiger partial charge < -0.3 is 11.1 Å². The van der Waals surface area contributed by atoms with Crippen molar-refractivity contribution in [2.24, 2.45) is 11.8 Å². The summed E-state index contributed by atoms with van der Waals surface area (Å²) >= 11 is 5.92. The predicted octanol–water partition coefficient (Wildman–Crippen LogP) is 2.59. The molecular weight excluding hydrogens is 274 g/mol. The van der Waals surface area contributed by atoms with Crippen LogP contribution < -0.4 is 11.1 Å². The highest BCUT2D eigenvalue weighted by Gasteiger charge is 2.36. The zero-order chi connectivity index (χ0) is 14.1. The number of rotatable bonds is 3. The fourth-order valence-corrected chi connectivity index (χ4v) is 3.66. The van der Waals surface area contributed by atoms with Crippen molar-refractivity contribution in [3.63, 3.8) is 0 Å². The van der Waals surface area contributed by atoms with Crippen LogP contribution in [-0.4, -0.2) is 30.4 Å². The summed E-state index contributed by atoms with van der Waals surface area (Å²) < 4.78 is 0. The van der Waals surface area contributed by atoms with E-state index in [1.807, 2.05) is 0 Å². The lowest BCUT2D eigenvalue weighted by atomic mass is 10.0. The summed E-state index contributed by atoms with van der Waals surface area (Å²) in [6.45, 7) is 2.56. The molecular formula is C15H20ClN3O. The van der Waals surface area contributed by atoms with Gasteiger partial charge in [-0.05, 0) is 42.9 Å². The van der Waals surface area contributed by atoms with Crippen LogP contribution in [0.4, 0.5) is 11.4 Å². The maximum atomic E-state index is 12.1. The van der Waals surface area contributed by atoms with Crippen molar-refractivity contribution in [3.8, 4) is 0 Å². The molecule has 3 rings (SSSR count). The van der Waals surface area contributed by atoms with Crippen LogP contribution in [0.15, 0.2) is 18.2 Å². The lowest BCUT2D eigenvalue weighted by Gasteiger charge is -2.16. The molecule has 3 N–H and O–H groups in total. The van der Waals surface area contributed by atoms with Gasteiger partial charge in [0.05, 0.1) is 17.9 Å². The molecule has 0 radical (unpaired) electrons. The Morgan fingerprint density at radius 3 is 2.75 bits per heavy atom. The Balaban J connectivity index is 1.56. The van der Waals surface area contributed by atoms with Crippen LogP contribution in [0.1, 0.15) is 19.3 Å². The molecule has 1 aliphatic heterocycles. The average molecular weight is 294 g/mol. The predicted molar refractivity (Wildman–Crippen MR) is 81.8 cm³/mol. The quantitative estimate of drug-likeness (QED) is 0.842. The van der Waals surface area contributed by atoms with Gasteiger partial charge in [-0.1, -0.05) is 18.0 Å². The van der Waals surface area contributed by atoms with Gasteiger partial charge in [0.15, 0.2) is 0 Å². The van der Waals surface area contributed by atoms with Gasteiger partial charge in [-0.15, -0.1) is 0 Å². The average Bonchev–Trinajstić information content (AvgIpc) is 2.94. The van der Waals surface area contributed by atoms with Crippen LogP contribution in [0.2, 0.25) is 5.02 Å². The fourth-order valence-electron chi connectivity index (χ4n) is 3.49. The number of benzene rings is 1. The highest BCUT2D eigenvalue weighted by molar-refractivity contribution is 6.31. The van der Waals surface area contributed by atoms with Crippen molar-refractivity contribution in [1.82, 2.24) is 4.90 Å². The van der Waals surface area contributed by atoms with E-state index in [1.165, 1.54) is 19.3 Å². The number of halogens is 1. The Bertz CT molecular complexity index is 508. The first-order valence-corrected chi connectivity index (χ1v) is 7.57. The maximum absolute atomic E-state index is 12.1. The van der Waals surface area contributed by atoms with E-state index in [9.17, 15) is 4.79 Å². The Morgan fingerprint density at radius 2 is 2.05 bits per heavy atom. The Morgan fingerprint density at radius 1 is 1.35 bits per heavy atom. The van der Waals surface area contributed by atoms with Crippen LogP contribution in [0.5, 0.6) is 0 Å². The Hall–Kier alpha value is -1.26. The zero-order valence-electron chi connectivity index (χ0n) is 11.4. The molecule has 4 nitrogen and oxygen atoms in total. The second-order valence-corrected chi connectivity index (χ2v) is 6.36. The fraction of sp³-hybridized carbons (Fsp3) is 0.533. The smallest absolute Gasteiger partial charge is 0.238 e. The lowest BCUT2D eigenvalue weighted by molar-refractivity contribution is -0.117. The van der Waals surface area contributed by atoms with Crippen molar-refractivity contribution in [2.75, 3.05) is 30.7 Å². The minimum Gasteiger partial charge on any atom is -0.397 e. The maximum Gasteiger partial charge on any atom is 0.238 e. The molecule has 1 saturated heterocycles. The van der Waals surface area contributed by atoms with Gasteiger partial charge in [0, 0.05) is 18.1 Å². The monoisotopic (exact) mass is 293 g/mol. The second-order valence-electron chi connectivity index (χ2n) is 5.92. The summed E-state index contributed by atoms with van der Waals surface area (Å²) in [6, 6.07) is 5.11. The summed E-state index contributed by atoms with van der Waals surface area (Å²) in [5.41, 5.74) is 6.98. The summed E-state index contributed by atoms with van der Waals surface area (Å²) in [5, 5.41) is 3.43. The number of nitrogen functional groups attached to an aromatic ring is 1. The van der Waals surface area contributed by atoms with E-state index >= 15 is 0 Å². The van der Waals surface area contributed by atoms with Gasteiger partial charge in [0.1, 0.15) is 0 Å². The third kappa shape index (κ3) is 2.91. The summed E-state index contributed by atoms with van der Waals surface area (Å²) in [7, 11) is 0. The van der Waals surface area contributed by atoms with Gasteiger partial charge in [-0.2, -0.15) is 0 Å². The van der Waals surface area contributed by atoms with E-state index < -0.39 is 0 Å². The SMILES string of the molecule is Nc1ccc(Cl)cc1NC(=O)CN1CC2CCCC2C1. The summed E-state index contributed by atoms with van der Waals surface area (Å²) in [4.78, 5) is 14.4. The van der Waals surface area contributed by atoms with Crippen molar-refractivity contribution < 1.29 is 4.79 Å². The molecule has 2 fully saturated rings. The van der Waals surface area contributed by atoms with E-state index in [1.54, 1.807) is 18.2 Å². The minimum absolute atomic E-state index is 0.0149. The largest absolute Gasteiger partial charge is 0.397 e. The first kappa shape index (κ1) is 13.7. The van der Waals surface area contributed by atoms with E-state index in [4.69, 9.17) is 17.3 Å². The normalized spacial score (nSPS) is 25.6. The molecule has 1 aliphatic carbocycles. The molecule has 2 aliphatic rings. The number of likely N-dealkylation sites (tertiary alicyclic amines) is 1. The van der Waals surface area contributed by atoms with Crippen LogP contribution in [0.3, 0.4) is 0 Å². The summed E-state index contributed by atoms with van der Waals surface area (Å²) in [6.07, 6.45) is 4.00. The number of amides is 1. The standard InChI is InChI=1S/C15H20ClN3O/c16-12-4-5-13(17)14(6-12)18-15(20)9-19-7-10-2-1-3-11(10)8-19/h4-6,10-11H,1-3,7-9,17H2,(H,18,20). The number of nitrogens with zero attached hydrogens (tertiary/aromatic N) is 1. The topological polar surface area (TPSA) is 58.4 Å². The number of nitrogens with one attached hydrogen (secondary N) is 1. The van der Waals surface area contributed by atoms with Crippen LogP contribution >= 0.6 is 11.6 Å². The first-order chi connectivity index (χ1) is 9.61. The van der Waals surface area contributed by atoms with Gasteiger partial charge in [0.2, 0.25) is 5.91 Å². The van der Waals surface area contributed by atoms with Crippen molar-refractivity contribution in [1.29, 1.82) is 0 Å². The van der Waals surface area contributed by atoms with E-state index in [0.29, 0.717) is 22.9 Å². The molecule has 1 saturated carbocycles. The first-order valence-electron chi connectivity index (χ1n) is 7.19. The Labute approximate surface area is 124 Å². The third-order valence-corrected chi connectivity index (χ3v) is 4.69. The highest BCUT2D eigenvalue weighted by atomic mass is 35.5. The van der Waals surface area contributed by atoms with Gasteiger partial charge in [-0.25, -0.2) is 0 Å². The molecule has 1 amide bonds. The second kappa shape index (κ2) is 5.62. The van der Waals surface area contributed by atoms with Crippen LogP contribution in [0.25, 0.3) is 0 Å². The zero-order valence-corrected chi connectivity index (χ0v) is 12.2. The number of carbonyl (C=O) groups is 1. The van der Waals surface area contributed by atoms with Gasteiger partial charge >= 0.3 is 0 Å².